The van der Waals surface area contributed by atoms with Gasteiger partial charge in [-0.1, -0.05) is 42.8 Å². The SMILES string of the molecule is CCC1=Cc2ccccc2[CH]1.[Br][Zr][Br]. The van der Waals surface area contributed by atoms with Gasteiger partial charge in [0.15, 0.2) is 0 Å². The molecule has 3 heteroatoms. The van der Waals surface area contributed by atoms with E-state index in [9.17, 15) is 0 Å². The van der Waals surface area contributed by atoms with Gasteiger partial charge in [0, 0.05) is 6.42 Å². The van der Waals surface area contributed by atoms with Crippen LogP contribution in [0.15, 0.2) is 29.8 Å². The fourth-order valence-electron chi connectivity index (χ4n) is 1.42. The van der Waals surface area contributed by atoms with Gasteiger partial charge < -0.3 is 0 Å². The Hall–Kier alpha value is 0.803. The predicted molar refractivity (Wildman–Crippen MR) is 66.0 cm³/mol. The maximum atomic E-state index is 3.23. The van der Waals surface area contributed by atoms with E-state index in [0.717, 1.165) is 6.42 Å². The molecule has 14 heavy (non-hydrogen) atoms. The third-order valence-electron chi connectivity index (χ3n) is 2.09. The van der Waals surface area contributed by atoms with E-state index in [-0.39, 0.29) is 18.5 Å². The van der Waals surface area contributed by atoms with Gasteiger partial charge in [-0.3, -0.25) is 0 Å². The Morgan fingerprint density at radius 1 is 1.14 bits per heavy atom. The van der Waals surface area contributed by atoms with Crippen molar-refractivity contribution in [2.24, 2.45) is 0 Å². The van der Waals surface area contributed by atoms with Crippen molar-refractivity contribution >= 4 is 30.5 Å². The second kappa shape index (κ2) is 7.14. The molecule has 0 saturated carbocycles. The van der Waals surface area contributed by atoms with E-state index in [2.05, 4.69) is 68.1 Å². The monoisotopic (exact) mass is 391 g/mol. The van der Waals surface area contributed by atoms with E-state index in [0.29, 0.717) is 0 Å². The first-order chi connectivity index (χ1) is 6.81. The standard InChI is InChI=1S/C11H11.2BrH.Zr/c1-2-9-7-10-5-3-4-6-11(10)8-9;;;/h3-8H,2H2,1H3;2*1H;/q;;;+2/p-2. The van der Waals surface area contributed by atoms with Crippen LogP contribution >= 0.6 is 24.4 Å². The Bertz CT molecular complexity index is 321. The Balaban J connectivity index is 0.000000293. The third-order valence-corrected chi connectivity index (χ3v) is 2.09. The predicted octanol–water partition coefficient (Wildman–Crippen LogP) is 4.73. The summed E-state index contributed by atoms with van der Waals surface area (Å²) in [4.78, 5) is 0. The molecule has 0 N–H and O–H groups in total. The van der Waals surface area contributed by atoms with Gasteiger partial charge in [0.05, 0.1) is 0 Å². The van der Waals surface area contributed by atoms with Crippen molar-refractivity contribution in [2.45, 2.75) is 13.3 Å². The molecule has 73 valence electrons. The van der Waals surface area contributed by atoms with Gasteiger partial charge in [-0.15, -0.1) is 0 Å². The van der Waals surface area contributed by atoms with Crippen LogP contribution in [-0.4, -0.2) is 0 Å². The maximum absolute atomic E-state index is 3.23. The van der Waals surface area contributed by atoms with Crippen molar-refractivity contribution in [3.8, 4) is 0 Å². The Morgan fingerprint density at radius 2 is 1.71 bits per heavy atom. The van der Waals surface area contributed by atoms with Crippen LogP contribution < -0.4 is 0 Å². The molecular formula is C11H11Br2Zr. The molecule has 1 radical (unpaired) electrons. The summed E-state index contributed by atoms with van der Waals surface area (Å²) in [5.74, 6) is 0. The molecule has 0 bridgehead atoms. The van der Waals surface area contributed by atoms with E-state index >= 15 is 0 Å². The first kappa shape index (κ1) is 12.9. The van der Waals surface area contributed by atoms with Crippen LogP contribution in [0.3, 0.4) is 0 Å². The number of halogens is 2. The summed E-state index contributed by atoms with van der Waals surface area (Å²) in [6.07, 6.45) is 5.65. The number of hydrogen-bond acceptors (Lipinski definition) is 0. The normalized spacial score (nSPS) is 12.4. The van der Waals surface area contributed by atoms with E-state index < -0.39 is 0 Å². The van der Waals surface area contributed by atoms with Crippen LogP contribution in [0, 0.1) is 6.42 Å². The molecule has 0 spiro atoms. The van der Waals surface area contributed by atoms with E-state index in [1.54, 1.807) is 0 Å². The van der Waals surface area contributed by atoms with Gasteiger partial charge in [-0.2, -0.15) is 0 Å². The first-order valence-corrected chi connectivity index (χ1v) is 15.7. The van der Waals surface area contributed by atoms with Gasteiger partial charge in [-0.25, -0.2) is 0 Å². The summed E-state index contributed by atoms with van der Waals surface area (Å²) >= 11 is 6.32. The van der Waals surface area contributed by atoms with E-state index in [4.69, 9.17) is 0 Å². The second-order valence-electron chi connectivity index (χ2n) is 2.92. The molecule has 0 amide bonds. The van der Waals surface area contributed by atoms with Crippen LogP contribution in [0.1, 0.15) is 24.5 Å². The molecule has 1 aromatic carbocycles. The molecule has 2 rings (SSSR count). The number of benzene rings is 1. The van der Waals surface area contributed by atoms with Crippen molar-refractivity contribution < 1.29 is 18.5 Å². The summed E-state index contributed by atoms with van der Waals surface area (Å²) in [5, 5.41) is 0. The molecule has 0 unspecified atom stereocenters. The quantitative estimate of drug-likeness (QED) is 0.646. The summed E-state index contributed by atoms with van der Waals surface area (Å²) in [7, 11) is 0. The third kappa shape index (κ3) is 3.75. The van der Waals surface area contributed by atoms with Crippen molar-refractivity contribution in [2.75, 3.05) is 0 Å². The number of hydrogen-bond donors (Lipinski definition) is 0. The second-order valence-corrected chi connectivity index (χ2v) is 14.3. The minimum absolute atomic E-state index is 0.145. The van der Waals surface area contributed by atoms with Crippen molar-refractivity contribution in [3.63, 3.8) is 0 Å². The summed E-state index contributed by atoms with van der Waals surface area (Å²) in [6, 6.07) is 8.49. The first-order valence-electron chi connectivity index (χ1n) is 4.42. The Kier molecular flexibility index (Phi) is 6.56. The van der Waals surface area contributed by atoms with E-state index in [1.807, 2.05) is 0 Å². The van der Waals surface area contributed by atoms with Crippen LogP contribution in [0.25, 0.3) is 6.08 Å². The van der Waals surface area contributed by atoms with Crippen molar-refractivity contribution in [1.29, 1.82) is 0 Å². The van der Waals surface area contributed by atoms with Gasteiger partial charge in [-0.05, 0) is 17.5 Å². The van der Waals surface area contributed by atoms with Crippen molar-refractivity contribution in [3.05, 3.63) is 47.4 Å². The zero-order valence-corrected chi connectivity index (χ0v) is 13.6. The Labute approximate surface area is 109 Å². The molecule has 0 atom stereocenters. The minimum atomic E-state index is -0.145. The zero-order chi connectivity index (χ0) is 10.4. The topological polar surface area (TPSA) is 0 Å². The van der Waals surface area contributed by atoms with Crippen LogP contribution in [0.2, 0.25) is 0 Å². The average molecular weight is 394 g/mol. The Morgan fingerprint density at radius 3 is 2.21 bits per heavy atom. The van der Waals surface area contributed by atoms with Crippen LogP contribution in [0.5, 0.6) is 0 Å². The van der Waals surface area contributed by atoms with E-state index in [1.165, 1.54) is 16.7 Å². The number of rotatable bonds is 1. The molecule has 0 nitrogen and oxygen atoms in total. The fourth-order valence-corrected chi connectivity index (χ4v) is 1.42. The molecule has 1 aliphatic carbocycles. The molecule has 0 heterocycles. The molecule has 1 aromatic rings. The van der Waals surface area contributed by atoms with Gasteiger partial charge in [0.2, 0.25) is 0 Å². The summed E-state index contributed by atoms with van der Waals surface area (Å²) in [6.45, 7) is 2.19. The molecule has 0 aromatic heterocycles. The zero-order valence-electron chi connectivity index (χ0n) is 7.93. The van der Waals surface area contributed by atoms with Gasteiger partial charge in [0.25, 0.3) is 0 Å². The summed E-state index contributed by atoms with van der Waals surface area (Å²) in [5.41, 5.74) is 4.17. The molecular weight excluding hydrogens is 383 g/mol. The molecule has 0 fully saturated rings. The van der Waals surface area contributed by atoms with Gasteiger partial charge >= 0.3 is 43.0 Å². The van der Waals surface area contributed by atoms with Gasteiger partial charge in [0.1, 0.15) is 0 Å². The molecule has 0 saturated heterocycles. The summed E-state index contributed by atoms with van der Waals surface area (Å²) < 4.78 is 0. The van der Waals surface area contributed by atoms with Crippen LogP contribution in [0.4, 0.5) is 0 Å². The average Bonchev–Trinajstić information content (AvgIpc) is 2.61. The fraction of sp³-hybridized carbons (Fsp3) is 0.182. The number of allylic oxidation sites excluding steroid dienone is 1. The molecule has 0 aliphatic heterocycles. The van der Waals surface area contributed by atoms with Crippen molar-refractivity contribution in [1.82, 2.24) is 0 Å². The van der Waals surface area contributed by atoms with Crippen LogP contribution in [-0.2, 0) is 18.5 Å². The number of fused-ring (bicyclic) bond motifs is 1. The molecule has 1 aliphatic rings.